The van der Waals surface area contributed by atoms with Gasteiger partial charge in [-0.1, -0.05) is 36.4 Å². The highest BCUT2D eigenvalue weighted by Gasteiger charge is 2.18. The molecule has 6 heteroatoms. The van der Waals surface area contributed by atoms with Gasteiger partial charge in [0.1, 0.15) is 0 Å². The molecule has 0 fully saturated rings. The van der Waals surface area contributed by atoms with E-state index in [1.54, 1.807) is 17.1 Å². The lowest BCUT2D eigenvalue weighted by molar-refractivity contribution is -0.119. The van der Waals surface area contributed by atoms with E-state index in [9.17, 15) is 4.79 Å². The van der Waals surface area contributed by atoms with Crippen molar-refractivity contribution in [3.63, 3.8) is 0 Å². The summed E-state index contributed by atoms with van der Waals surface area (Å²) in [6.07, 6.45) is 7.31. The summed E-state index contributed by atoms with van der Waals surface area (Å²) in [6, 6.07) is 18.1. The molecule has 1 aliphatic heterocycles. The Kier molecular flexibility index (Phi) is 4.96. The lowest BCUT2D eigenvalue weighted by Gasteiger charge is -2.30. The van der Waals surface area contributed by atoms with E-state index >= 15 is 0 Å². The van der Waals surface area contributed by atoms with Crippen molar-refractivity contribution in [3.05, 3.63) is 78.1 Å². The van der Waals surface area contributed by atoms with Crippen LogP contribution in [-0.2, 0) is 11.2 Å². The number of hydrogen-bond acceptors (Lipinski definition) is 4. The van der Waals surface area contributed by atoms with Crippen LogP contribution in [0.2, 0.25) is 0 Å². The van der Waals surface area contributed by atoms with Crippen molar-refractivity contribution in [3.8, 4) is 5.69 Å². The zero-order valence-corrected chi connectivity index (χ0v) is 15.0. The highest BCUT2D eigenvalue weighted by Crippen LogP contribution is 2.26. The number of hydrogen-bond donors (Lipinski definition) is 1. The van der Waals surface area contributed by atoms with E-state index in [0.29, 0.717) is 6.54 Å². The molecule has 1 N–H and O–H groups in total. The number of carbonyl (C=O) groups is 1. The Labute approximate surface area is 158 Å². The number of rotatable bonds is 5. The monoisotopic (exact) mass is 359 g/mol. The van der Waals surface area contributed by atoms with Gasteiger partial charge in [0.2, 0.25) is 0 Å². The van der Waals surface area contributed by atoms with Crippen LogP contribution >= 0.6 is 0 Å². The molecule has 1 aromatic heterocycles. The van der Waals surface area contributed by atoms with E-state index in [-0.39, 0.29) is 5.91 Å². The molecule has 0 saturated heterocycles. The third kappa shape index (κ3) is 4.06. The summed E-state index contributed by atoms with van der Waals surface area (Å²) in [7, 11) is 0. The summed E-state index contributed by atoms with van der Waals surface area (Å²) < 4.78 is 1.77. The van der Waals surface area contributed by atoms with Crippen LogP contribution in [-0.4, -0.2) is 35.0 Å². The number of carbonyl (C=O) groups excluding carboxylic acids is 1. The van der Waals surface area contributed by atoms with Gasteiger partial charge in [-0.2, -0.15) is 10.2 Å². The first-order chi connectivity index (χ1) is 13.3. The molecule has 0 spiro atoms. The van der Waals surface area contributed by atoms with Crippen LogP contribution in [0.4, 0.5) is 5.69 Å². The maximum Gasteiger partial charge on any atom is 0.259 e. The Hall–Kier alpha value is -3.41. The number of amides is 1. The minimum Gasteiger partial charge on any atom is -0.362 e. The van der Waals surface area contributed by atoms with Gasteiger partial charge in [0.25, 0.3) is 5.91 Å². The number of aryl methyl sites for hydroxylation is 1. The van der Waals surface area contributed by atoms with Crippen molar-refractivity contribution in [2.45, 2.75) is 12.8 Å². The molecular weight excluding hydrogens is 338 g/mol. The Bertz CT molecular complexity index is 948. The quantitative estimate of drug-likeness (QED) is 0.563. The van der Waals surface area contributed by atoms with Crippen molar-refractivity contribution < 1.29 is 4.79 Å². The fourth-order valence-corrected chi connectivity index (χ4v) is 3.29. The maximum absolute atomic E-state index is 12.3. The van der Waals surface area contributed by atoms with E-state index in [4.69, 9.17) is 0 Å². The molecule has 0 unspecified atom stereocenters. The SMILES string of the molecule is O=C(CN1CCCc2ccccc21)N/N=C\c1cnn(-c2ccccc2)c1. The predicted molar refractivity (Wildman–Crippen MR) is 106 cm³/mol. The summed E-state index contributed by atoms with van der Waals surface area (Å²) in [5.41, 5.74) is 6.85. The molecule has 2 heterocycles. The van der Waals surface area contributed by atoms with Crippen LogP contribution < -0.4 is 10.3 Å². The van der Waals surface area contributed by atoms with Crippen molar-refractivity contribution in [1.29, 1.82) is 0 Å². The topological polar surface area (TPSA) is 62.5 Å². The standard InChI is InChI=1S/C21H21N5O/c27-21(16-25-12-6-8-18-7-4-5-11-20(18)25)24-22-13-17-14-23-26(15-17)19-9-2-1-3-10-19/h1-5,7,9-11,13-15H,6,8,12,16H2,(H,24,27)/b22-13-. The average molecular weight is 359 g/mol. The predicted octanol–water partition coefficient (Wildman–Crippen LogP) is 2.78. The summed E-state index contributed by atoms with van der Waals surface area (Å²) in [4.78, 5) is 14.4. The number of hydrazone groups is 1. The van der Waals surface area contributed by atoms with Crippen LogP contribution in [0.5, 0.6) is 0 Å². The second-order valence-corrected chi connectivity index (χ2v) is 6.50. The first-order valence-corrected chi connectivity index (χ1v) is 9.04. The van der Waals surface area contributed by atoms with Gasteiger partial charge in [-0.15, -0.1) is 0 Å². The molecule has 1 aliphatic rings. The van der Waals surface area contributed by atoms with Crippen LogP contribution in [0.1, 0.15) is 17.5 Å². The molecular formula is C21H21N5O. The fourth-order valence-electron chi connectivity index (χ4n) is 3.29. The van der Waals surface area contributed by atoms with Crippen molar-refractivity contribution in [2.75, 3.05) is 18.0 Å². The first-order valence-electron chi connectivity index (χ1n) is 9.04. The number of aromatic nitrogens is 2. The van der Waals surface area contributed by atoms with Crippen LogP contribution in [0.25, 0.3) is 5.69 Å². The van der Waals surface area contributed by atoms with E-state index in [2.05, 4.69) is 32.7 Å². The summed E-state index contributed by atoms with van der Waals surface area (Å²) in [5, 5.41) is 8.37. The number of nitrogens with zero attached hydrogens (tertiary/aromatic N) is 4. The van der Waals surface area contributed by atoms with Gasteiger partial charge in [0, 0.05) is 24.0 Å². The largest absolute Gasteiger partial charge is 0.362 e. The summed E-state index contributed by atoms with van der Waals surface area (Å²) >= 11 is 0. The van der Waals surface area contributed by atoms with Gasteiger partial charge < -0.3 is 4.90 Å². The smallest absolute Gasteiger partial charge is 0.259 e. The number of fused-ring (bicyclic) bond motifs is 1. The molecule has 0 radical (unpaired) electrons. The Balaban J connectivity index is 1.34. The van der Waals surface area contributed by atoms with Crippen molar-refractivity contribution in [1.82, 2.24) is 15.2 Å². The van der Waals surface area contributed by atoms with Gasteiger partial charge in [-0.05, 0) is 36.6 Å². The molecule has 0 aliphatic carbocycles. The van der Waals surface area contributed by atoms with Crippen LogP contribution in [0, 0.1) is 0 Å². The summed E-state index contributed by atoms with van der Waals surface area (Å²) in [6.45, 7) is 1.19. The lowest BCUT2D eigenvalue weighted by Crippen LogP contribution is -2.38. The van der Waals surface area contributed by atoms with E-state index in [1.807, 2.05) is 48.7 Å². The number of anilines is 1. The third-order valence-corrected chi connectivity index (χ3v) is 4.57. The highest BCUT2D eigenvalue weighted by atomic mass is 16.2. The number of nitrogens with one attached hydrogen (secondary N) is 1. The van der Waals surface area contributed by atoms with Gasteiger partial charge in [-0.25, -0.2) is 10.1 Å². The number of para-hydroxylation sites is 2. The molecule has 2 aromatic carbocycles. The minimum absolute atomic E-state index is 0.126. The van der Waals surface area contributed by atoms with E-state index in [0.717, 1.165) is 36.3 Å². The zero-order chi connectivity index (χ0) is 18.5. The summed E-state index contributed by atoms with van der Waals surface area (Å²) in [5.74, 6) is -0.126. The Morgan fingerprint density at radius 2 is 1.96 bits per heavy atom. The van der Waals surface area contributed by atoms with Crippen LogP contribution in [0.3, 0.4) is 0 Å². The molecule has 0 saturated carbocycles. The van der Waals surface area contributed by atoms with Crippen molar-refractivity contribution in [2.24, 2.45) is 5.10 Å². The molecule has 3 aromatic rings. The molecule has 136 valence electrons. The number of benzene rings is 2. The third-order valence-electron chi connectivity index (χ3n) is 4.57. The zero-order valence-electron chi connectivity index (χ0n) is 15.0. The lowest BCUT2D eigenvalue weighted by atomic mass is 10.0. The normalized spacial score (nSPS) is 13.6. The van der Waals surface area contributed by atoms with Gasteiger partial charge in [0.05, 0.1) is 24.6 Å². The molecule has 1 amide bonds. The van der Waals surface area contributed by atoms with Crippen LogP contribution in [0.15, 0.2) is 72.1 Å². The second kappa shape index (κ2) is 7.86. The molecule has 6 nitrogen and oxygen atoms in total. The van der Waals surface area contributed by atoms with E-state index < -0.39 is 0 Å². The maximum atomic E-state index is 12.3. The molecule has 0 atom stereocenters. The molecule has 0 bridgehead atoms. The molecule has 4 rings (SSSR count). The van der Waals surface area contributed by atoms with Crippen molar-refractivity contribution >= 4 is 17.8 Å². The Morgan fingerprint density at radius 1 is 1.15 bits per heavy atom. The second-order valence-electron chi connectivity index (χ2n) is 6.50. The van der Waals surface area contributed by atoms with Gasteiger partial charge in [-0.3, -0.25) is 4.79 Å². The van der Waals surface area contributed by atoms with Gasteiger partial charge in [0.15, 0.2) is 0 Å². The average Bonchev–Trinajstić information content (AvgIpc) is 3.18. The molecule has 27 heavy (non-hydrogen) atoms. The minimum atomic E-state index is -0.126. The highest BCUT2D eigenvalue weighted by molar-refractivity contribution is 5.84. The fraction of sp³-hybridized carbons (Fsp3) is 0.190. The van der Waals surface area contributed by atoms with Gasteiger partial charge >= 0.3 is 0 Å². The van der Waals surface area contributed by atoms with E-state index in [1.165, 1.54) is 5.56 Å². The first kappa shape index (κ1) is 17.0. The Morgan fingerprint density at radius 3 is 2.85 bits per heavy atom.